The van der Waals surface area contributed by atoms with Gasteiger partial charge in [0.25, 0.3) is 0 Å². The van der Waals surface area contributed by atoms with Gasteiger partial charge in [-0.2, -0.15) is 0 Å². The first-order chi connectivity index (χ1) is 7.65. The van der Waals surface area contributed by atoms with Crippen molar-refractivity contribution in [3.8, 4) is 11.5 Å². The molecule has 0 radical (unpaired) electrons. The number of aromatic hydroxyl groups is 2. The Labute approximate surface area is 98.7 Å². The maximum atomic E-state index is 9.28. The van der Waals surface area contributed by atoms with Crippen LogP contribution in [0.4, 0.5) is 0 Å². The lowest BCUT2D eigenvalue weighted by molar-refractivity contribution is 0.475. The topological polar surface area (TPSA) is 40.5 Å². The van der Waals surface area contributed by atoms with Crippen molar-refractivity contribution >= 4 is 11.6 Å². The van der Waals surface area contributed by atoms with Crippen molar-refractivity contribution < 1.29 is 10.2 Å². The molecule has 2 aromatic carbocycles. The minimum Gasteiger partial charge on any atom is -0.508 e. The van der Waals surface area contributed by atoms with Gasteiger partial charge in [-0.3, -0.25) is 0 Å². The molecule has 2 rings (SSSR count). The SMILES string of the molecule is Oc1ccc(Cc2ccc(O)c(Cl)c2)cc1. The monoisotopic (exact) mass is 234 g/mol. The van der Waals surface area contributed by atoms with Gasteiger partial charge >= 0.3 is 0 Å². The summed E-state index contributed by atoms with van der Waals surface area (Å²) in [5.41, 5.74) is 2.10. The zero-order valence-electron chi connectivity index (χ0n) is 8.52. The normalized spacial score (nSPS) is 10.3. The van der Waals surface area contributed by atoms with Crippen molar-refractivity contribution in [1.29, 1.82) is 0 Å². The average molecular weight is 235 g/mol. The highest BCUT2D eigenvalue weighted by atomic mass is 35.5. The molecule has 2 aromatic rings. The molecule has 0 saturated heterocycles. The van der Waals surface area contributed by atoms with E-state index in [0.29, 0.717) is 5.02 Å². The Morgan fingerprint density at radius 2 is 1.50 bits per heavy atom. The summed E-state index contributed by atoms with van der Waals surface area (Å²) in [4.78, 5) is 0. The molecule has 0 spiro atoms. The third kappa shape index (κ3) is 2.47. The number of hydrogen-bond donors (Lipinski definition) is 2. The van der Waals surface area contributed by atoms with Gasteiger partial charge in [0.1, 0.15) is 11.5 Å². The first-order valence-corrected chi connectivity index (χ1v) is 5.28. The molecule has 0 aromatic heterocycles. The highest BCUT2D eigenvalue weighted by Crippen LogP contribution is 2.25. The zero-order valence-corrected chi connectivity index (χ0v) is 9.28. The summed E-state index contributed by atoms with van der Waals surface area (Å²) in [6, 6.07) is 12.2. The van der Waals surface area contributed by atoms with E-state index in [1.807, 2.05) is 18.2 Å². The summed E-state index contributed by atoms with van der Waals surface area (Å²) in [5, 5.41) is 18.8. The summed E-state index contributed by atoms with van der Waals surface area (Å²) in [7, 11) is 0. The Kier molecular flexibility index (Phi) is 3.02. The Hall–Kier alpha value is -1.67. The Morgan fingerprint density at radius 3 is 2.12 bits per heavy atom. The molecule has 0 aliphatic heterocycles. The largest absolute Gasteiger partial charge is 0.508 e. The van der Waals surface area contributed by atoms with Crippen LogP contribution in [0.15, 0.2) is 42.5 Å². The van der Waals surface area contributed by atoms with E-state index in [1.165, 1.54) is 0 Å². The van der Waals surface area contributed by atoms with Crippen molar-refractivity contribution in [2.24, 2.45) is 0 Å². The Balaban J connectivity index is 2.20. The van der Waals surface area contributed by atoms with E-state index >= 15 is 0 Å². The number of rotatable bonds is 2. The van der Waals surface area contributed by atoms with Crippen LogP contribution >= 0.6 is 11.6 Å². The highest BCUT2D eigenvalue weighted by molar-refractivity contribution is 6.32. The predicted molar refractivity (Wildman–Crippen MR) is 64.0 cm³/mol. The standard InChI is InChI=1S/C13H11ClO2/c14-12-8-10(3-6-13(12)16)7-9-1-4-11(15)5-2-9/h1-6,8,15-16H,7H2. The smallest absolute Gasteiger partial charge is 0.134 e. The van der Waals surface area contributed by atoms with E-state index in [4.69, 9.17) is 16.7 Å². The number of hydrogen-bond acceptors (Lipinski definition) is 2. The third-order valence-corrected chi connectivity index (χ3v) is 2.66. The molecule has 0 atom stereocenters. The lowest BCUT2D eigenvalue weighted by Crippen LogP contribution is -1.87. The third-order valence-electron chi connectivity index (χ3n) is 2.36. The summed E-state index contributed by atoms with van der Waals surface area (Å²) in [6.45, 7) is 0. The minimum absolute atomic E-state index is 0.0936. The molecule has 0 aliphatic carbocycles. The van der Waals surface area contributed by atoms with Gasteiger partial charge in [-0.15, -0.1) is 0 Å². The van der Waals surface area contributed by atoms with Crippen LogP contribution in [0.1, 0.15) is 11.1 Å². The van der Waals surface area contributed by atoms with Gasteiger partial charge in [0.15, 0.2) is 0 Å². The van der Waals surface area contributed by atoms with Crippen molar-refractivity contribution in [2.45, 2.75) is 6.42 Å². The van der Waals surface area contributed by atoms with Crippen LogP contribution < -0.4 is 0 Å². The lowest BCUT2D eigenvalue weighted by Gasteiger charge is -2.04. The van der Waals surface area contributed by atoms with Crippen LogP contribution in [0.5, 0.6) is 11.5 Å². The van der Waals surface area contributed by atoms with Crippen LogP contribution in [0.2, 0.25) is 5.02 Å². The Morgan fingerprint density at radius 1 is 0.875 bits per heavy atom. The molecule has 2 nitrogen and oxygen atoms in total. The Bertz CT molecular complexity index is 492. The quantitative estimate of drug-likeness (QED) is 0.837. The molecule has 0 saturated carbocycles. The van der Waals surface area contributed by atoms with Gasteiger partial charge in [-0.05, 0) is 41.8 Å². The molecule has 16 heavy (non-hydrogen) atoms. The molecule has 0 bridgehead atoms. The number of phenolic OH excluding ortho intramolecular Hbond substituents is 2. The van der Waals surface area contributed by atoms with E-state index in [1.54, 1.807) is 24.3 Å². The number of phenols is 2. The van der Waals surface area contributed by atoms with E-state index < -0.39 is 0 Å². The highest BCUT2D eigenvalue weighted by Gasteiger charge is 2.01. The van der Waals surface area contributed by atoms with Crippen molar-refractivity contribution in [1.82, 2.24) is 0 Å². The summed E-state index contributed by atoms with van der Waals surface area (Å²) >= 11 is 5.82. The van der Waals surface area contributed by atoms with Crippen LogP contribution in [-0.2, 0) is 6.42 Å². The second-order valence-electron chi connectivity index (χ2n) is 3.63. The van der Waals surface area contributed by atoms with Gasteiger partial charge < -0.3 is 10.2 Å². The van der Waals surface area contributed by atoms with Gasteiger partial charge in [0, 0.05) is 0 Å². The summed E-state index contributed by atoms with van der Waals surface area (Å²) in [5.74, 6) is 0.351. The molecule has 0 aliphatic rings. The van der Waals surface area contributed by atoms with Crippen LogP contribution in [0, 0.1) is 0 Å². The molecular formula is C13H11ClO2. The lowest BCUT2D eigenvalue weighted by atomic mass is 10.0. The van der Waals surface area contributed by atoms with Crippen LogP contribution in [0.25, 0.3) is 0 Å². The van der Waals surface area contributed by atoms with Crippen molar-refractivity contribution in [3.63, 3.8) is 0 Å². The average Bonchev–Trinajstić information content (AvgIpc) is 2.27. The maximum absolute atomic E-state index is 9.28. The second-order valence-corrected chi connectivity index (χ2v) is 4.04. The second kappa shape index (κ2) is 4.45. The number of benzene rings is 2. The van der Waals surface area contributed by atoms with Crippen LogP contribution in [0.3, 0.4) is 0 Å². The van der Waals surface area contributed by atoms with Gasteiger partial charge in [-0.25, -0.2) is 0 Å². The number of halogens is 1. The molecule has 0 heterocycles. The molecule has 0 fully saturated rings. The summed E-state index contributed by atoms with van der Waals surface area (Å²) < 4.78 is 0. The van der Waals surface area contributed by atoms with Crippen LogP contribution in [-0.4, -0.2) is 10.2 Å². The van der Waals surface area contributed by atoms with E-state index in [2.05, 4.69) is 0 Å². The fourth-order valence-electron chi connectivity index (χ4n) is 1.51. The van der Waals surface area contributed by atoms with Gasteiger partial charge in [0.05, 0.1) is 5.02 Å². The predicted octanol–water partition coefficient (Wildman–Crippen LogP) is 3.34. The van der Waals surface area contributed by atoms with E-state index in [9.17, 15) is 5.11 Å². The fourth-order valence-corrected chi connectivity index (χ4v) is 1.71. The first-order valence-electron chi connectivity index (χ1n) is 4.90. The molecule has 82 valence electrons. The maximum Gasteiger partial charge on any atom is 0.134 e. The summed E-state index contributed by atoms with van der Waals surface area (Å²) in [6.07, 6.45) is 0.722. The molecular weight excluding hydrogens is 224 g/mol. The molecule has 0 unspecified atom stereocenters. The van der Waals surface area contributed by atoms with Crippen molar-refractivity contribution in [3.05, 3.63) is 58.6 Å². The minimum atomic E-state index is 0.0936. The zero-order chi connectivity index (χ0) is 11.5. The van der Waals surface area contributed by atoms with Crippen molar-refractivity contribution in [2.75, 3.05) is 0 Å². The fraction of sp³-hybridized carbons (Fsp3) is 0.0769. The van der Waals surface area contributed by atoms with Gasteiger partial charge in [-0.1, -0.05) is 29.8 Å². The van der Waals surface area contributed by atoms with E-state index in [-0.39, 0.29) is 11.5 Å². The van der Waals surface area contributed by atoms with Gasteiger partial charge in [0.2, 0.25) is 0 Å². The first kappa shape index (κ1) is 10.8. The van der Waals surface area contributed by atoms with E-state index in [0.717, 1.165) is 17.5 Å². The molecule has 2 N–H and O–H groups in total. The molecule has 3 heteroatoms. The molecule has 0 amide bonds.